The van der Waals surface area contributed by atoms with Gasteiger partial charge >= 0.3 is 0 Å². The molecule has 3 heterocycles. The molecule has 2 N–H and O–H groups in total. The van der Waals surface area contributed by atoms with Crippen LogP contribution in [0.4, 0.5) is 0 Å². The molecule has 3 aromatic rings. The van der Waals surface area contributed by atoms with Crippen LogP contribution in [0.1, 0.15) is 5.69 Å². The van der Waals surface area contributed by atoms with Crippen LogP contribution in [0.2, 0.25) is 5.15 Å². The predicted octanol–water partition coefficient (Wildman–Crippen LogP) is 1.89. The van der Waals surface area contributed by atoms with Crippen molar-refractivity contribution in [3.05, 3.63) is 47.5 Å². The van der Waals surface area contributed by atoms with E-state index in [2.05, 4.69) is 19.7 Å². The van der Waals surface area contributed by atoms with Crippen LogP contribution in [0.25, 0.3) is 22.2 Å². The summed E-state index contributed by atoms with van der Waals surface area (Å²) >= 11 is 6.02. The number of aromatic amines is 1. The summed E-state index contributed by atoms with van der Waals surface area (Å²) in [5.74, 6) is 0. The lowest BCUT2D eigenvalue weighted by Gasteiger charge is -2.05. The molecule has 6 nitrogen and oxygen atoms in total. The topological polar surface area (TPSA) is 87.7 Å². The number of thiol groups is 1. The van der Waals surface area contributed by atoms with E-state index in [1.54, 1.807) is 18.3 Å². The smallest absolute Gasteiger partial charge is 0.201 e. The number of hydrogen-bond acceptors (Lipinski definition) is 4. The number of pyridine rings is 2. The quantitative estimate of drug-likeness (QED) is 0.505. The van der Waals surface area contributed by atoms with E-state index in [-0.39, 0.29) is 6.54 Å². The Balaban J connectivity index is 2.05. The van der Waals surface area contributed by atoms with Crippen molar-refractivity contribution in [3.8, 4) is 11.1 Å². The Kier molecular flexibility index (Phi) is 3.87. The van der Waals surface area contributed by atoms with Crippen LogP contribution in [-0.4, -0.2) is 23.4 Å². The third-order valence-corrected chi connectivity index (χ3v) is 3.61. The van der Waals surface area contributed by atoms with Crippen molar-refractivity contribution in [1.29, 1.82) is 0 Å². The maximum atomic E-state index is 10.6. The number of nitrogens with zero attached hydrogens (tertiary/aromatic N) is 2. The van der Waals surface area contributed by atoms with E-state index >= 15 is 0 Å². The standard InChI is InChI=1S/C13H11ClN4O2S/c14-12-5-8(4-9(18-12)6-17-21(19)20)11-7-16-13-10(11)2-1-3-15-13/h1-5,7,21H,6H2,(H,15,16)(H,17,19,20). The van der Waals surface area contributed by atoms with Crippen molar-refractivity contribution in [1.82, 2.24) is 19.7 Å². The van der Waals surface area contributed by atoms with Crippen LogP contribution >= 0.6 is 11.6 Å². The minimum Gasteiger partial charge on any atom is -0.346 e. The molecule has 0 saturated heterocycles. The molecule has 0 aromatic carbocycles. The molecule has 0 saturated carbocycles. The van der Waals surface area contributed by atoms with Crippen molar-refractivity contribution < 1.29 is 8.42 Å². The molecule has 0 fully saturated rings. The van der Waals surface area contributed by atoms with E-state index in [0.717, 1.165) is 22.2 Å². The summed E-state index contributed by atoms with van der Waals surface area (Å²) in [6.07, 6.45) is 3.55. The van der Waals surface area contributed by atoms with Gasteiger partial charge in [-0.1, -0.05) is 11.6 Å². The first kappa shape index (κ1) is 14.0. The van der Waals surface area contributed by atoms with Gasteiger partial charge in [0.25, 0.3) is 0 Å². The lowest BCUT2D eigenvalue weighted by molar-refractivity contribution is 0.600. The zero-order valence-electron chi connectivity index (χ0n) is 10.7. The van der Waals surface area contributed by atoms with Crippen molar-refractivity contribution in [2.45, 2.75) is 6.54 Å². The zero-order valence-corrected chi connectivity index (χ0v) is 12.4. The maximum absolute atomic E-state index is 10.6. The van der Waals surface area contributed by atoms with E-state index in [0.29, 0.717) is 10.8 Å². The highest BCUT2D eigenvalue weighted by molar-refractivity contribution is 7.70. The van der Waals surface area contributed by atoms with E-state index in [4.69, 9.17) is 11.6 Å². The zero-order chi connectivity index (χ0) is 14.8. The Morgan fingerprint density at radius 2 is 2.19 bits per heavy atom. The van der Waals surface area contributed by atoms with Gasteiger partial charge in [-0.2, -0.15) is 0 Å². The van der Waals surface area contributed by atoms with Crippen molar-refractivity contribution >= 4 is 33.5 Å². The first-order valence-corrected chi connectivity index (χ1v) is 7.66. The van der Waals surface area contributed by atoms with Gasteiger partial charge < -0.3 is 4.98 Å². The van der Waals surface area contributed by atoms with Gasteiger partial charge in [-0.05, 0) is 29.8 Å². The van der Waals surface area contributed by atoms with Gasteiger partial charge in [-0.25, -0.2) is 23.1 Å². The van der Waals surface area contributed by atoms with Crippen LogP contribution in [0.3, 0.4) is 0 Å². The van der Waals surface area contributed by atoms with Crippen molar-refractivity contribution in [2.75, 3.05) is 0 Å². The van der Waals surface area contributed by atoms with Gasteiger partial charge in [0.05, 0.1) is 12.2 Å². The summed E-state index contributed by atoms with van der Waals surface area (Å²) in [6, 6.07) is 7.34. The Hall–Kier alpha value is -1.96. The summed E-state index contributed by atoms with van der Waals surface area (Å²) < 4.78 is 23.5. The average Bonchev–Trinajstić information content (AvgIpc) is 2.88. The highest BCUT2D eigenvalue weighted by Crippen LogP contribution is 2.29. The monoisotopic (exact) mass is 322 g/mol. The fraction of sp³-hybridized carbons (Fsp3) is 0.0769. The van der Waals surface area contributed by atoms with E-state index in [9.17, 15) is 8.42 Å². The van der Waals surface area contributed by atoms with E-state index in [1.807, 2.05) is 18.3 Å². The fourth-order valence-corrected chi connectivity index (χ4v) is 2.65. The second-order valence-corrected chi connectivity index (χ2v) is 5.58. The first-order chi connectivity index (χ1) is 10.1. The molecule has 0 unspecified atom stereocenters. The number of nitrogens with one attached hydrogen (secondary N) is 2. The van der Waals surface area contributed by atoms with Crippen LogP contribution in [0.15, 0.2) is 36.7 Å². The second-order valence-electron chi connectivity index (χ2n) is 4.36. The number of fused-ring (bicyclic) bond motifs is 1. The minimum atomic E-state index is -2.67. The summed E-state index contributed by atoms with van der Waals surface area (Å²) in [5, 5.41) is 1.28. The maximum Gasteiger partial charge on any atom is 0.201 e. The van der Waals surface area contributed by atoms with Gasteiger partial charge in [-0.15, -0.1) is 0 Å². The van der Waals surface area contributed by atoms with Gasteiger partial charge in [-0.3, -0.25) is 0 Å². The fourth-order valence-electron chi connectivity index (χ4n) is 2.14. The number of aromatic nitrogens is 3. The van der Waals surface area contributed by atoms with E-state index < -0.39 is 10.9 Å². The molecular formula is C13H11ClN4O2S. The molecule has 0 amide bonds. The van der Waals surface area contributed by atoms with Gasteiger partial charge in [0.1, 0.15) is 10.8 Å². The molecular weight excluding hydrogens is 312 g/mol. The Labute approximate surface area is 127 Å². The summed E-state index contributed by atoms with van der Waals surface area (Å²) in [7, 11) is -2.67. The normalized spacial score (nSPS) is 11.3. The lowest BCUT2D eigenvalue weighted by atomic mass is 10.1. The summed E-state index contributed by atoms with van der Waals surface area (Å²) in [6.45, 7) is 0.104. The van der Waals surface area contributed by atoms with Gasteiger partial charge in [0.15, 0.2) is 0 Å². The molecule has 3 aromatic heterocycles. The molecule has 8 heteroatoms. The van der Waals surface area contributed by atoms with Gasteiger partial charge in [0.2, 0.25) is 10.9 Å². The summed E-state index contributed by atoms with van der Waals surface area (Å²) in [5.41, 5.74) is 3.13. The SMILES string of the molecule is O=[SH](=O)NCc1cc(-c2c[nH]c3ncccc23)cc(Cl)n1. The second kappa shape index (κ2) is 5.80. The summed E-state index contributed by atoms with van der Waals surface area (Å²) in [4.78, 5) is 11.4. The Morgan fingerprint density at radius 1 is 1.33 bits per heavy atom. The average molecular weight is 323 g/mol. The molecule has 108 valence electrons. The van der Waals surface area contributed by atoms with Crippen LogP contribution < -0.4 is 4.72 Å². The molecule has 0 atom stereocenters. The first-order valence-electron chi connectivity index (χ1n) is 6.10. The Bertz CT molecular complexity index is 867. The van der Waals surface area contributed by atoms with Crippen LogP contribution in [-0.2, 0) is 17.4 Å². The number of hydrogen-bond donors (Lipinski definition) is 3. The third-order valence-electron chi connectivity index (χ3n) is 3.00. The van der Waals surface area contributed by atoms with Crippen LogP contribution in [0, 0.1) is 0 Å². The van der Waals surface area contributed by atoms with Crippen molar-refractivity contribution in [2.24, 2.45) is 0 Å². The molecule has 0 spiro atoms. The molecule has 21 heavy (non-hydrogen) atoms. The molecule has 0 aliphatic rings. The number of halogens is 1. The molecule has 0 bridgehead atoms. The minimum absolute atomic E-state index is 0.104. The largest absolute Gasteiger partial charge is 0.346 e. The highest BCUT2D eigenvalue weighted by Gasteiger charge is 2.09. The van der Waals surface area contributed by atoms with Crippen molar-refractivity contribution in [3.63, 3.8) is 0 Å². The van der Waals surface area contributed by atoms with Crippen LogP contribution in [0.5, 0.6) is 0 Å². The predicted molar refractivity (Wildman–Crippen MR) is 81.5 cm³/mol. The lowest BCUT2D eigenvalue weighted by Crippen LogP contribution is -2.11. The Morgan fingerprint density at radius 3 is 3.00 bits per heavy atom. The van der Waals surface area contributed by atoms with Gasteiger partial charge in [0, 0.05) is 23.3 Å². The number of H-pyrrole nitrogens is 1. The highest BCUT2D eigenvalue weighted by atomic mass is 35.5. The molecule has 0 aliphatic heterocycles. The third kappa shape index (κ3) is 3.05. The molecule has 0 aliphatic carbocycles. The van der Waals surface area contributed by atoms with E-state index in [1.165, 1.54) is 0 Å². The molecule has 0 radical (unpaired) electrons. The number of rotatable bonds is 4. The molecule has 3 rings (SSSR count).